The van der Waals surface area contributed by atoms with Gasteiger partial charge in [-0.2, -0.15) is 0 Å². The van der Waals surface area contributed by atoms with Crippen LogP contribution in [-0.2, 0) is 9.47 Å². The Balaban J connectivity index is 1.65. The van der Waals surface area contributed by atoms with Crippen molar-refractivity contribution in [1.29, 1.82) is 0 Å². The molecule has 2 aliphatic heterocycles. The first-order valence-electron chi connectivity index (χ1n) is 9.63. The number of ether oxygens (including phenoxy) is 2. The van der Waals surface area contributed by atoms with Crippen LogP contribution in [-0.4, -0.2) is 73.6 Å². The molecule has 0 aliphatic carbocycles. The Labute approximate surface area is 162 Å². The Hall–Kier alpha value is -1.92. The van der Waals surface area contributed by atoms with Crippen molar-refractivity contribution in [1.82, 2.24) is 9.80 Å². The third-order valence-corrected chi connectivity index (χ3v) is 5.18. The van der Waals surface area contributed by atoms with Gasteiger partial charge in [-0.15, -0.1) is 0 Å². The summed E-state index contributed by atoms with van der Waals surface area (Å²) in [5, 5.41) is 0. The van der Waals surface area contributed by atoms with E-state index in [2.05, 4.69) is 35.0 Å². The number of piperazine rings is 1. The van der Waals surface area contributed by atoms with Gasteiger partial charge in [-0.25, -0.2) is 4.79 Å². The van der Waals surface area contributed by atoms with Gasteiger partial charge in [-0.05, 0) is 44.4 Å². The number of morpholine rings is 1. The van der Waals surface area contributed by atoms with E-state index in [0.717, 1.165) is 18.7 Å². The monoisotopic (exact) mass is 373 g/mol. The Morgan fingerprint density at radius 3 is 2.78 bits per heavy atom. The molecule has 1 amide bonds. The van der Waals surface area contributed by atoms with Crippen molar-refractivity contribution in [2.24, 2.45) is 4.99 Å². The molecular formula is C21H31N3O3. The van der Waals surface area contributed by atoms with Gasteiger partial charge in [0.15, 0.2) is 0 Å². The quantitative estimate of drug-likeness (QED) is 0.748. The van der Waals surface area contributed by atoms with E-state index < -0.39 is 5.60 Å². The normalized spacial score (nSPS) is 24.1. The van der Waals surface area contributed by atoms with Crippen LogP contribution < -0.4 is 0 Å². The first-order chi connectivity index (χ1) is 12.8. The lowest BCUT2D eigenvalue weighted by atomic mass is 9.96. The first-order valence-corrected chi connectivity index (χ1v) is 9.63. The predicted molar refractivity (Wildman–Crippen MR) is 107 cm³/mol. The van der Waals surface area contributed by atoms with E-state index >= 15 is 0 Å². The minimum Gasteiger partial charge on any atom is -0.444 e. The van der Waals surface area contributed by atoms with Crippen molar-refractivity contribution in [2.75, 3.05) is 39.8 Å². The molecule has 3 rings (SSSR count). The Morgan fingerprint density at radius 2 is 2.07 bits per heavy atom. The van der Waals surface area contributed by atoms with E-state index in [9.17, 15) is 4.79 Å². The smallest absolute Gasteiger partial charge is 0.410 e. The first kappa shape index (κ1) is 19.8. The molecule has 0 bridgehead atoms. The number of amides is 1. The molecule has 6 nitrogen and oxygen atoms in total. The van der Waals surface area contributed by atoms with Crippen molar-refractivity contribution in [3.05, 3.63) is 34.9 Å². The van der Waals surface area contributed by atoms with Crippen LogP contribution in [0.4, 0.5) is 4.79 Å². The van der Waals surface area contributed by atoms with Crippen molar-refractivity contribution in [2.45, 2.75) is 45.4 Å². The fraction of sp³-hybridized carbons (Fsp3) is 0.619. The summed E-state index contributed by atoms with van der Waals surface area (Å²) >= 11 is 0. The Kier molecular flexibility index (Phi) is 5.86. The molecule has 6 heteroatoms. The molecule has 0 saturated carbocycles. The third kappa shape index (κ3) is 4.68. The summed E-state index contributed by atoms with van der Waals surface area (Å²) in [6.45, 7) is 11.5. The molecule has 0 spiro atoms. The second kappa shape index (κ2) is 7.98. The highest BCUT2D eigenvalue weighted by Gasteiger charge is 2.37. The van der Waals surface area contributed by atoms with Gasteiger partial charge in [0, 0.05) is 39.4 Å². The minimum atomic E-state index is -0.466. The SMILES string of the molecule is C/N=C/c1cccc([C@H]2CN3CCN(C(=O)OC(C)(C)C)C[C@H]3CO2)c1C. The summed E-state index contributed by atoms with van der Waals surface area (Å²) in [4.78, 5) is 20.7. The van der Waals surface area contributed by atoms with Crippen LogP contribution >= 0.6 is 0 Å². The zero-order chi connectivity index (χ0) is 19.6. The van der Waals surface area contributed by atoms with Crippen molar-refractivity contribution >= 4 is 12.3 Å². The third-order valence-electron chi connectivity index (χ3n) is 5.18. The van der Waals surface area contributed by atoms with E-state index in [4.69, 9.17) is 9.47 Å². The molecule has 2 aliphatic rings. The number of carbonyl (C=O) groups is 1. The van der Waals surface area contributed by atoms with E-state index in [0.29, 0.717) is 19.7 Å². The second-order valence-electron chi connectivity index (χ2n) is 8.35. The van der Waals surface area contributed by atoms with Crippen LogP contribution in [0.5, 0.6) is 0 Å². The molecule has 1 aromatic rings. The van der Waals surface area contributed by atoms with E-state index in [1.54, 1.807) is 11.9 Å². The molecule has 2 fully saturated rings. The topological polar surface area (TPSA) is 54.4 Å². The molecule has 0 unspecified atom stereocenters. The number of hydrogen-bond acceptors (Lipinski definition) is 5. The minimum absolute atomic E-state index is 0.0551. The van der Waals surface area contributed by atoms with Gasteiger partial charge in [0.1, 0.15) is 5.60 Å². The van der Waals surface area contributed by atoms with Gasteiger partial charge in [0.2, 0.25) is 0 Å². The van der Waals surface area contributed by atoms with Gasteiger partial charge >= 0.3 is 6.09 Å². The fourth-order valence-electron chi connectivity index (χ4n) is 3.76. The number of hydrogen-bond donors (Lipinski definition) is 0. The number of nitrogens with zero attached hydrogens (tertiary/aromatic N) is 3. The molecule has 2 saturated heterocycles. The molecular weight excluding hydrogens is 342 g/mol. The summed E-state index contributed by atoms with van der Waals surface area (Å²) in [6, 6.07) is 6.51. The molecule has 0 N–H and O–H groups in total. The van der Waals surface area contributed by atoms with Gasteiger partial charge in [-0.3, -0.25) is 9.89 Å². The number of aliphatic imine (C=N–C) groups is 1. The fourth-order valence-corrected chi connectivity index (χ4v) is 3.76. The summed E-state index contributed by atoms with van der Waals surface area (Å²) in [6.07, 6.45) is 1.72. The summed E-state index contributed by atoms with van der Waals surface area (Å²) in [5.41, 5.74) is 3.11. The van der Waals surface area contributed by atoms with Crippen LogP contribution in [0, 0.1) is 6.92 Å². The maximum atomic E-state index is 12.3. The summed E-state index contributed by atoms with van der Waals surface area (Å²) in [5.74, 6) is 0. The lowest BCUT2D eigenvalue weighted by Gasteiger charge is -2.46. The molecule has 0 aromatic heterocycles. The van der Waals surface area contributed by atoms with Crippen molar-refractivity contribution in [3.8, 4) is 0 Å². The Morgan fingerprint density at radius 1 is 1.30 bits per heavy atom. The largest absolute Gasteiger partial charge is 0.444 e. The molecule has 0 radical (unpaired) electrons. The summed E-state index contributed by atoms with van der Waals surface area (Å²) in [7, 11) is 1.79. The molecule has 2 heterocycles. The van der Waals surface area contributed by atoms with Crippen LogP contribution in [0.25, 0.3) is 0 Å². The van der Waals surface area contributed by atoms with Gasteiger partial charge in [0.25, 0.3) is 0 Å². The number of carbonyl (C=O) groups excluding carboxylic acids is 1. The van der Waals surface area contributed by atoms with Gasteiger partial charge in [-0.1, -0.05) is 18.2 Å². The standard InChI is InChI=1S/C21H31N3O3/c1-15-16(11-22-5)7-6-8-18(15)19-13-23-9-10-24(12-17(23)14-26-19)20(25)27-21(2,3)4/h6-8,11,17,19H,9-10,12-14H2,1-5H3/b22-11+/t17-,19+/m0/s1. The summed E-state index contributed by atoms with van der Waals surface area (Å²) < 4.78 is 11.7. The Bertz CT molecular complexity index is 711. The van der Waals surface area contributed by atoms with Crippen LogP contribution in [0.1, 0.15) is 43.6 Å². The average Bonchev–Trinajstić information content (AvgIpc) is 2.61. The number of fused-ring (bicyclic) bond motifs is 1. The van der Waals surface area contributed by atoms with E-state index in [1.165, 1.54) is 11.1 Å². The van der Waals surface area contributed by atoms with Gasteiger partial charge in [0.05, 0.1) is 18.8 Å². The zero-order valence-corrected chi connectivity index (χ0v) is 17.1. The number of benzene rings is 1. The highest BCUT2D eigenvalue weighted by molar-refractivity contribution is 5.82. The maximum absolute atomic E-state index is 12.3. The van der Waals surface area contributed by atoms with Crippen LogP contribution in [0.15, 0.2) is 23.2 Å². The van der Waals surface area contributed by atoms with Crippen molar-refractivity contribution in [3.63, 3.8) is 0 Å². The second-order valence-corrected chi connectivity index (χ2v) is 8.35. The highest BCUT2D eigenvalue weighted by atomic mass is 16.6. The molecule has 27 heavy (non-hydrogen) atoms. The molecule has 2 atom stereocenters. The van der Waals surface area contributed by atoms with E-state index in [-0.39, 0.29) is 18.2 Å². The maximum Gasteiger partial charge on any atom is 0.410 e. The lowest BCUT2D eigenvalue weighted by Crippen LogP contribution is -2.60. The van der Waals surface area contributed by atoms with E-state index in [1.807, 2.05) is 27.0 Å². The van der Waals surface area contributed by atoms with Gasteiger partial charge < -0.3 is 14.4 Å². The zero-order valence-electron chi connectivity index (χ0n) is 17.1. The lowest BCUT2D eigenvalue weighted by molar-refractivity contribution is -0.0908. The molecule has 1 aromatic carbocycles. The van der Waals surface area contributed by atoms with Crippen LogP contribution in [0.2, 0.25) is 0 Å². The predicted octanol–water partition coefficient (Wildman–Crippen LogP) is 3.04. The average molecular weight is 373 g/mol. The van der Waals surface area contributed by atoms with Crippen LogP contribution in [0.3, 0.4) is 0 Å². The highest BCUT2D eigenvalue weighted by Crippen LogP contribution is 2.30. The molecule has 148 valence electrons. The van der Waals surface area contributed by atoms with Crippen molar-refractivity contribution < 1.29 is 14.3 Å². The number of rotatable bonds is 2.